The van der Waals surface area contributed by atoms with Crippen LogP contribution in [0.3, 0.4) is 0 Å². The Morgan fingerprint density at radius 3 is 2.22 bits per heavy atom. The quantitative estimate of drug-likeness (QED) is 0.889. The molecule has 0 aliphatic rings. The fourth-order valence-electron chi connectivity index (χ4n) is 1.79. The predicted molar refractivity (Wildman–Crippen MR) is 70.3 cm³/mol. The van der Waals surface area contributed by atoms with Crippen LogP contribution in [0.4, 0.5) is 0 Å². The van der Waals surface area contributed by atoms with Crippen LogP contribution in [0.2, 0.25) is 0 Å². The molecule has 0 bridgehead atoms. The molecule has 100 valence electrons. The van der Waals surface area contributed by atoms with Gasteiger partial charge in [0, 0.05) is 0 Å². The van der Waals surface area contributed by atoms with Crippen molar-refractivity contribution in [1.29, 1.82) is 0 Å². The normalized spacial score (nSPS) is 13.3. The second kappa shape index (κ2) is 5.52. The molecule has 1 unspecified atom stereocenters. The van der Waals surface area contributed by atoms with E-state index in [0.717, 1.165) is 16.7 Å². The standard InChI is InChI=1S/C13H18O4S/c1-9-5-4-6-10(2)12(9)8-18(16,17)11(3)7-13(14)15/h4-6,11H,7-8H2,1-3H3,(H,14,15). The van der Waals surface area contributed by atoms with Gasteiger partial charge in [-0.25, -0.2) is 8.42 Å². The summed E-state index contributed by atoms with van der Waals surface area (Å²) in [4.78, 5) is 10.6. The Labute approximate surface area is 108 Å². The molecule has 0 aromatic heterocycles. The van der Waals surface area contributed by atoms with Gasteiger partial charge in [0.2, 0.25) is 0 Å². The number of carbonyl (C=O) groups is 1. The van der Waals surface area contributed by atoms with Gasteiger partial charge in [-0.15, -0.1) is 0 Å². The van der Waals surface area contributed by atoms with Crippen molar-refractivity contribution in [2.45, 2.75) is 38.2 Å². The SMILES string of the molecule is Cc1cccc(C)c1CS(=O)(=O)C(C)CC(=O)O. The van der Waals surface area contributed by atoms with Crippen LogP contribution in [0.5, 0.6) is 0 Å². The molecule has 0 amide bonds. The Morgan fingerprint density at radius 2 is 1.78 bits per heavy atom. The van der Waals surface area contributed by atoms with Crippen molar-refractivity contribution < 1.29 is 18.3 Å². The van der Waals surface area contributed by atoms with Gasteiger partial charge < -0.3 is 5.11 Å². The van der Waals surface area contributed by atoms with Crippen LogP contribution in [0.15, 0.2) is 18.2 Å². The Morgan fingerprint density at radius 1 is 1.28 bits per heavy atom. The van der Waals surface area contributed by atoms with E-state index in [2.05, 4.69) is 0 Å². The first kappa shape index (κ1) is 14.7. The van der Waals surface area contributed by atoms with Gasteiger partial charge in [0.25, 0.3) is 0 Å². The van der Waals surface area contributed by atoms with Gasteiger partial charge in [0.1, 0.15) is 0 Å². The number of carboxylic acids is 1. The van der Waals surface area contributed by atoms with Crippen LogP contribution in [0.25, 0.3) is 0 Å². The summed E-state index contributed by atoms with van der Waals surface area (Å²) in [7, 11) is -3.43. The van der Waals surface area contributed by atoms with Crippen molar-refractivity contribution >= 4 is 15.8 Å². The number of aliphatic carboxylic acids is 1. The maximum absolute atomic E-state index is 12.1. The summed E-state index contributed by atoms with van der Waals surface area (Å²) in [5.74, 6) is -1.19. The van der Waals surface area contributed by atoms with Crippen LogP contribution in [-0.2, 0) is 20.4 Å². The molecule has 5 heteroatoms. The molecule has 1 N–H and O–H groups in total. The topological polar surface area (TPSA) is 71.4 Å². The average molecular weight is 270 g/mol. The molecule has 0 fully saturated rings. The third kappa shape index (κ3) is 3.57. The van der Waals surface area contributed by atoms with Crippen molar-refractivity contribution in [3.63, 3.8) is 0 Å². The molecule has 1 aromatic carbocycles. The molecule has 1 atom stereocenters. The summed E-state index contributed by atoms with van der Waals surface area (Å²) >= 11 is 0. The maximum Gasteiger partial charge on any atom is 0.304 e. The summed E-state index contributed by atoms with van der Waals surface area (Å²) in [6.45, 7) is 5.16. The molecule has 0 spiro atoms. The highest BCUT2D eigenvalue weighted by atomic mass is 32.2. The summed E-state index contributed by atoms with van der Waals surface area (Å²) < 4.78 is 24.2. The average Bonchev–Trinajstić information content (AvgIpc) is 2.22. The zero-order valence-corrected chi connectivity index (χ0v) is 11.6. The zero-order chi connectivity index (χ0) is 13.9. The van der Waals surface area contributed by atoms with Crippen molar-refractivity contribution in [3.8, 4) is 0 Å². The number of hydrogen-bond donors (Lipinski definition) is 1. The summed E-state index contributed by atoms with van der Waals surface area (Å²) in [5.41, 5.74) is 2.61. The van der Waals surface area contributed by atoms with E-state index in [1.165, 1.54) is 6.92 Å². The van der Waals surface area contributed by atoms with Crippen molar-refractivity contribution in [1.82, 2.24) is 0 Å². The highest BCUT2D eigenvalue weighted by molar-refractivity contribution is 7.91. The number of aryl methyl sites for hydroxylation is 2. The minimum atomic E-state index is -3.43. The van der Waals surface area contributed by atoms with Gasteiger partial charge in [-0.05, 0) is 37.5 Å². The summed E-state index contributed by atoms with van der Waals surface area (Å²) in [6, 6.07) is 5.60. The lowest BCUT2D eigenvalue weighted by Crippen LogP contribution is -2.23. The first-order valence-electron chi connectivity index (χ1n) is 5.72. The molecular weight excluding hydrogens is 252 g/mol. The minimum absolute atomic E-state index is 0.0973. The van der Waals surface area contributed by atoms with Crippen LogP contribution in [0, 0.1) is 13.8 Å². The van der Waals surface area contributed by atoms with Crippen LogP contribution in [0.1, 0.15) is 30.0 Å². The third-order valence-electron chi connectivity index (χ3n) is 3.07. The Balaban J connectivity index is 2.99. The van der Waals surface area contributed by atoms with E-state index in [4.69, 9.17) is 5.11 Å². The molecule has 0 heterocycles. The highest BCUT2D eigenvalue weighted by Crippen LogP contribution is 2.20. The molecule has 0 aliphatic heterocycles. The van der Waals surface area contributed by atoms with E-state index in [9.17, 15) is 13.2 Å². The van der Waals surface area contributed by atoms with Gasteiger partial charge in [-0.2, -0.15) is 0 Å². The number of hydrogen-bond acceptors (Lipinski definition) is 3. The first-order chi connectivity index (χ1) is 8.24. The molecule has 0 saturated carbocycles. The van der Waals surface area contributed by atoms with Crippen molar-refractivity contribution in [3.05, 3.63) is 34.9 Å². The van der Waals surface area contributed by atoms with Crippen LogP contribution < -0.4 is 0 Å². The highest BCUT2D eigenvalue weighted by Gasteiger charge is 2.24. The Bertz CT molecular complexity index is 526. The van der Waals surface area contributed by atoms with E-state index in [1.807, 2.05) is 32.0 Å². The lowest BCUT2D eigenvalue weighted by Gasteiger charge is -2.14. The Kier molecular flexibility index (Phi) is 4.51. The number of sulfone groups is 1. The molecule has 0 aliphatic carbocycles. The molecule has 0 saturated heterocycles. The maximum atomic E-state index is 12.1. The van der Waals surface area contributed by atoms with E-state index in [-0.39, 0.29) is 12.2 Å². The number of carboxylic acid groups (broad SMARTS) is 1. The molecule has 1 rings (SSSR count). The van der Waals surface area contributed by atoms with Crippen molar-refractivity contribution in [2.75, 3.05) is 0 Å². The summed E-state index contributed by atoms with van der Waals surface area (Å²) in [5, 5.41) is 7.79. The van der Waals surface area contributed by atoms with E-state index < -0.39 is 21.1 Å². The van der Waals surface area contributed by atoms with Gasteiger partial charge in [0.15, 0.2) is 9.84 Å². The lowest BCUT2D eigenvalue weighted by atomic mass is 10.1. The number of rotatable bonds is 5. The smallest absolute Gasteiger partial charge is 0.304 e. The monoisotopic (exact) mass is 270 g/mol. The fraction of sp³-hybridized carbons (Fsp3) is 0.462. The van der Waals surface area contributed by atoms with E-state index in [0.29, 0.717) is 0 Å². The van der Waals surface area contributed by atoms with E-state index >= 15 is 0 Å². The van der Waals surface area contributed by atoms with Gasteiger partial charge >= 0.3 is 5.97 Å². The minimum Gasteiger partial charge on any atom is -0.481 e. The molecular formula is C13H18O4S. The van der Waals surface area contributed by atoms with Gasteiger partial charge in [0.05, 0.1) is 17.4 Å². The van der Waals surface area contributed by atoms with E-state index in [1.54, 1.807) is 0 Å². The molecule has 1 aromatic rings. The van der Waals surface area contributed by atoms with Gasteiger partial charge in [-0.3, -0.25) is 4.79 Å². The molecule has 4 nitrogen and oxygen atoms in total. The van der Waals surface area contributed by atoms with Crippen molar-refractivity contribution in [2.24, 2.45) is 0 Å². The number of benzene rings is 1. The predicted octanol–water partition coefficient (Wildman–Crippen LogP) is 2.08. The second-order valence-electron chi connectivity index (χ2n) is 4.59. The Hall–Kier alpha value is -1.36. The third-order valence-corrected chi connectivity index (χ3v) is 5.15. The van der Waals surface area contributed by atoms with Crippen LogP contribution in [-0.4, -0.2) is 24.7 Å². The lowest BCUT2D eigenvalue weighted by molar-refractivity contribution is -0.136. The largest absolute Gasteiger partial charge is 0.481 e. The zero-order valence-electron chi connectivity index (χ0n) is 10.8. The first-order valence-corrected chi connectivity index (χ1v) is 7.44. The molecule has 18 heavy (non-hydrogen) atoms. The van der Waals surface area contributed by atoms with Gasteiger partial charge in [-0.1, -0.05) is 18.2 Å². The fourth-order valence-corrected chi connectivity index (χ4v) is 3.33. The summed E-state index contributed by atoms with van der Waals surface area (Å²) in [6.07, 6.45) is -0.354. The molecule has 0 radical (unpaired) electrons. The second-order valence-corrected chi connectivity index (χ2v) is 7.01. The van der Waals surface area contributed by atoms with Crippen LogP contribution >= 0.6 is 0 Å².